The quantitative estimate of drug-likeness (QED) is 0.586. The van der Waals surface area contributed by atoms with Crippen LogP contribution in [0.25, 0.3) is 11.1 Å². The Hall–Kier alpha value is -3.38. The average Bonchev–Trinajstić information content (AvgIpc) is 2.99. The number of rotatable bonds is 4. The van der Waals surface area contributed by atoms with Gasteiger partial charge in [-0.3, -0.25) is 5.32 Å². The summed E-state index contributed by atoms with van der Waals surface area (Å²) in [6.07, 6.45) is -0.788. The standard InChI is InChI=1S/C22H17ClN2O4/c1-12-10-18(23)24-20(19(12)21(26)27)25-22(28)29-11-17-15-8-4-2-6-13(15)14-7-3-5-9-16(14)17/h2-10,17H,11H2,1H3,(H,26,27)(H,24,25,28). The van der Waals surface area contributed by atoms with Gasteiger partial charge in [-0.25, -0.2) is 14.6 Å². The van der Waals surface area contributed by atoms with Gasteiger partial charge in [0.25, 0.3) is 0 Å². The predicted molar refractivity (Wildman–Crippen MR) is 110 cm³/mol. The number of nitrogens with zero attached hydrogens (tertiary/aromatic N) is 1. The van der Waals surface area contributed by atoms with Crippen molar-refractivity contribution in [3.05, 3.63) is 82.0 Å². The number of anilines is 1. The first-order valence-electron chi connectivity index (χ1n) is 8.98. The number of halogens is 1. The third-order valence-electron chi connectivity index (χ3n) is 4.96. The number of carbonyl (C=O) groups excluding carboxylic acids is 1. The summed E-state index contributed by atoms with van der Waals surface area (Å²) in [5.41, 5.74) is 4.69. The van der Waals surface area contributed by atoms with Crippen LogP contribution in [-0.2, 0) is 4.74 Å². The normalized spacial score (nSPS) is 12.2. The maximum absolute atomic E-state index is 12.4. The van der Waals surface area contributed by atoms with Crippen LogP contribution in [0.5, 0.6) is 0 Å². The van der Waals surface area contributed by atoms with Gasteiger partial charge >= 0.3 is 12.1 Å². The van der Waals surface area contributed by atoms with E-state index in [1.54, 1.807) is 6.92 Å². The Morgan fingerprint density at radius 3 is 2.28 bits per heavy atom. The van der Waals surface area contributed by atoms with Crippen molar-refractivity contribution in [2.75, 3.05) is 11.9 Å². The monoisotopic (exact) mass is 408 g/mol. The van der Waals surface area contributed by atoms with Gasteiger partial charge in [-0.2, -0.15) is 0 Å². The topological polar surface area (TPSA) is 88.5 Å². The highest BCUT2D eigenvalue weighted by Crippen LogP contribution is 2.44. The van der Waals surface area contributed by atoms with E-state index in [1.807, 2.05) is 48.5 Å². The molecular formula is C22H17ClN2O4. The SMILES string of the molecule is Cc1cc(Cl)nc(NC(=O)OCC2c3ccccc3-c3ccccc32)c1C(=O)O. The maximum atomic E-state index is 12.4. The summed E-state index contributed by atoms with van der Waals surface area (Å²) >= 11 is 5.91. The maximum Gasteiger partial charge on any atom is 0.412 e. The number of carboxylic acid groups (broad SMARTS) is 1. The van der Waals surface area contributed by atoms with Crippen molar-refractivity contribution >= 4 is 29.5 Å². The first kappa shape index (κ1) is 19.0. The fraction of sp³-hybridized carbons (Fsp3) is 0.136. The number of carbonyl (C=O) groups is 2. The van der Waals surface area contributed by atoms with Crippen molar-refractivity contribution in [2.45, 2.75) is 12.8 Å². The van der Waals surface area contributed by atoms with Crippen LogP contribution < -0.4 is 5.32 Å². The highest BCUT2D eigenvalue weighted by atomic mass is 35.5. The summed E-state index contributed by atoms with van der Waals surface area (Å²) in [4.78, 5) is 27.8. The number of ether oxygens (including phenoxy) is 1. The molecule has 0 saturated heterocycles. The Morgan fingerprint density at radius 2 is 1.69 bits per heavy atom. The summed E-state index contributed by atoms with van der Waals surface area (Å²) < 4.78 is 5.43. The molecule has 6 nitrogen and oxygen atoms in total. The number of pyridine rings is 1. The summed E-state index contributed by atoms with van der Waals surface area (Å²) in [6.45, 7) is 1.70. The second kappa shape index (κ2) is 7.56. The minimum Gasteiger partial charge on any atom is -0.478 e. The van der Waals surface area contributed by atoms with Crippen molar-refractivity contribution < 1.29 is 19.4 Å². The minimum absolute atomic E-state index is 0.0847. The molecular weight excluding hydrogens is 392 g/mol. The van der Waals surface area contributed by atoms with E-state index < -0.39 is 12.1 Å². The molecule has 0 saturated carbocycles. The molecule has 2 aromatic carbocycles. The number of hydrogen-bond acceptors (Lipinski definition) is 4. The fourth-order valence-corrected chi connectivity index (χ4v) is 3.97. The molecule has 0 unspecified atom stereocenters. The second-order valence-electron chi connectivity index (χ2n) is 6.74. The minimum atomic E-state index is -1.21. The van der Waals surface area contributed by atoms with Gasteiger partial charge in [0.05, 0.1) is 0 Å². The zero-order chi connectivity index (χ0) is 20.5. The number of aryl methyl sites for hydroxylation is 1. The number of benzene rings is 2. The van der Waals surface area contributed by atoms with Crippen LogP contribution in [0.2, 0.25) is 5.15 Å². The van der Waals surface area contributed by atoms with E-state index in [0.29, 0.717) is 5.56 Å². The molecule has 0 radical (unpaired) electrons. The first-order valence-corrected chi connectivity index (χ1v) is 9.36. The Labute approximate surface area is 172 Å². The number of fused-ring (bicyclic) bond motifs is 3. The Bertz CT molecular complexity index is 1080. The Balaban J connectivity index is 1.54. The number of hydrogen-bond donors (Lipinski definition) is 2. The van der Waals surface area contributed by atoms with Gasteiger partial charge in [0, 0.05) is 5.92 Å². The van der Waals surface area contributed by atoms with E-state index >= 15 is 0 Å². The molecule has 0 spiro atoms. The zero-order valence-corrected chi connectivity index (χ0v) is 16.2. The lowest BCUT2D eigenvalue weighted by atomic mass is 9.98. The van der Waals surface area contributed by atoms with Gasteiger partial charge in [-0.15, -0.1) is 0 Å². The number of amides is 1. The lowest BCUT2D eigenvalue weighted by Gasteiger charge is -2.15. The molecule has 1 amide bonds. The molecule has 29 heavy (non-hydrogen) atoms. The van der Waals surface area contributed by atoms with Crippen LogP contribution in [0, 0.1) is 6.92 Å². The predicted octanol–water partition coefficient (Wildman–Crippen LogP) is 5.10. The molecule has 4 rings (SSSR count). The van der Waals surface area contributed by atoms with Gasteiger partial charge in [-0.1, -0.05) is 60.1 Å². The largest absolute Gasteiger partial charge is 0.478 e. The Kier molecular flexibility index (Phi) is 4.94. The summed E-state index contributed by atoms with van der Waals surface area (Å²) in [5.74, 6) is -1.44. The van der Waals surface area contributed by atoms with Gasteiger partial charge < -0.3 is 9.84 Å². The molecule has 3 aromatic rings. The van der Waals surface area contributed by atoms with E-state index in [-0.39, 0.29) is 29.1 Å². The summed E-state index contributed by atoms with van der Waals surface area (Å²) in [5, 5.41) is 11.9. The van der Waals surface area contributed by atoms with E-state index in [1.165, 1.54) is 6.07 Å². The molecule has 2 N–H and O–H groups in total. The summed E-state index contributed by atoms with van der Waals surface area (Å²) in [7, 11) is 0. The van der Waals surface area contributed by atoms with Crippen LogP contribution >= 0.6 is 11.6 Å². The molecule has 146 valence electrons. The fourth-order valence-electron chi connectivity index (χ4n) is 3.72. The zero-order valence-electron chi connectivity index (χ0n) is 15.5. The number of nitrogens with one attached hydrogen (secondary N) is 1. The lowest BCUT2D eigenvalue weighted by molar-refractivity contribution is 0.0697. The molecule has 1 aromatic heterocycles. The average molecular weight is 409 g/mol. The van der Waals surface area contributed by atoms with Gasteiger partial charge in [0.1, 0.15) is 17.3 Å². The number of carboxylic acids is 1. The summed E-state index contributed by atoms with van der Waals surface area (Å²) in [6, 6.07) is 17.4. The van der Waals surface area contributed by atoms with Crippen molar-refractivity contribution in [3.8, 4) is 11.1 Å². The van der Waals surface area contributed by atoms with Gasteiger partial charge in [0.15, 0.2) is 5.82 Å². The van der Waals surface area contributed by atoms with E-state index in [4.69, 9.17) is 16.3 Å². The smallest absolute Gasteiger partial charge is 0.412 e. The molecule has 0 bridgehead atoms. The van der Waals surface area contributed by atoms with Gasteiger partial charge in [-0.05, 0) is 40.8 Å². The van der Waals surface area contributed by atoms with E-state index in [2.05, 4.69) is 10.3 Å². The Morgan fingerprint density at radius 1 is 1.10 bits per heavy atom. The molecule has 1 aliphatic carbocycles. The molecule has 0 atom stereocenters. The van der Waals surface area contributed by atoms with Crippen LogP contribution in [0.15, 0.2) is 54.6 Å². The molecule has 1 aliphatic rings. The van der Waals surface area contributed by atoms with E-state index in [9.17, 15) is 14.7 Å². The molecule has 0 fully saturated rings. The second-order valence-corrected chi connectivity index (χ2v) is 7.13. The van der Waals surface area contributed by atoms with Crippen LogP contribution in [-0.4, -0.2) is 28.8 Å². The number of aromatic nitrogens is 1. The van der Waals surface area contributed by atoms with Crippen molar-refractivity contribution in [1.29, 1.82) is 0 Å². The third-order valence-corrected chi connectivity index (χ3v) is 5.16. The highest BCUT2D eigenvalue weighted by molar-refractivity contribution is 6.29. The van der Waals surface area contributed by atoms with Crippen molar-refractivity contribution in [3.63, 3.8) is 0 Å². The first-order chi connectivity index (χ1) is 14.0. The van der Waals surface area contributed by atoms with E-state index in [0.717, 1.165) is 22.3 Å². The molecule has 1 heterocycles. The number of aromatic carboxylic acids is 1. The van der Waals surface area contributed by atoms with Crippen LogP contribution in [0.1, 0.15) is 33.0 Å². The van der Waals surface area contributed by atoms with Gasteiger partial charge in [0.2, 0.25) is 0 Å². The van der Waals surface area contributed by atoms with Crippen LogP contribution in [0.4, 0.5) is 10.6 Å². The lowest BCUT2D eigenvalue weighted by Crippen LogP contribution is -2.20. The van der Waals surface area contributed by atoms with Crippen molar-refractivity contribution in [1.82, 2.24) is 4.98 Å². The van der Waals surface area contributed by atoms with Crippen molar-refractivity contribution in [2.24, 2.45) is 0 Å². The highest BCUT2D eigenvalue weighted by Gasteiger charge is 2.29. The third kappa shape index (κ3) is 3.54. The molecule has 7 heteroatoms. The van der Waals surface area contributed by atoms with Crippen LogP contribution in [0.3, 0.4) is 0 Å². The molecule has 0 aliphatic heterocycles.